The highest BCUT2D eigenvalue weighted by molar-refractivity contribution is 5.90. The Hall–Kier alpha value is -1.51. The molecule has 1 aromatic carbocycles. The highest BCUT2D eigenvalue weighted by atomic mass is 16.2. The Balaban J connectivity index is 2.52. The first-order valence-electron chi connectivity index (χ1n) is 5.87. The predicted octanol–water partition coefficient (Wildman–Crippen LogP) is 3.15. The van der Waals surface area contributed by atoms with E-state index in [1.807, 2.05) is 30.3 Å². The van der Waals surface area contributed by atoms with Crippen molar-refractivity contribution in [2.45, 2.75) is 32.6 Å². The first-order chi connectivity index (χ1) is 7.75. The maximum absolute atomic E-state index is 11.3. The summed E-state index contributed by atoms with van der Waals surface area (Å²) in [5.41, 5.74) is 6.25. The fourth-order valence-corrected chi connectivity index (χ4v) is 1.67. The number of para-hydroxylation sites is 1. The first-order valence-corrected chi connectivity index (χ1v) is 5.87. The van der Waals surface area contributed by atoms with E-state index in [-0.39, 0.29) is 6.03 Å². The topological polar surface area (TPSA) is 46.3 Å². The molecule has 0 unspecified atom stereocenters. The van der Waals surface area contributed by atoms with Gasteiger partial charge in [0.15, 0.2) is 0 Å². The number of rotatable bonds is 6. The molecular weight excluding hydrogens is 200 g/mol. The van der Waals surface area contributed by atoms with Crippen LogP contribution in [0.3, 0.4) is 0 Å². The average molecular weight is 220 g/mol. The van der Waals surface area contributed by atoms with Crippen molar-refractivity contribution < 1.29 is 4.79 Å². The van der Waals surface area contributed by atoms with Crippen molar-refractivity contribution in [2.75, 3.05) is 11.4 Å². The molecule has 3 heteroatoms. The van der Waals surface area contributed by atoms with Gasteiger partial charge in [-0.1, -0.05) is 44.4 Å². The number of nitrogens with zero attached hydrogens (tertiary/aromatic N) is 1. The molecular formula is C13H20N2O. The molecule has 1 aromatic rings. The molecule has 0 aliphatic carbocycles. The van der Waals surface area contributed by atoms with Gasteiger partial charge in [0, 0.05) is 12.2 Å². The Bertz CT molecular complexity index is 311. The molecule has 2 amide bonds. The van der Waals surface area contributed by atoms with Gasteiger partial charge in [-0.25, -0.2) is 4.79 Å². The fraction of sp³-hybridized carbons (Fsp3) is 0.462. The van der Waals surface area contributed by atoms with E-state index in [1.165, 1.54) is 12.8 Å². The van der Waals surface area contributed by atoms with Gasteiger partial charge < -0.3 is 5.73 Å². The van der Waals surface area contributed by atoms with Gasteiger partial charge in [0.1, 0.15) is 0 Å². The summed E-state index contributed by atoms with van der Waals surface area (Å²) in [6.07, 6.45) is 4.56. The maximum Gasteiger partial charge on any atom is 0.319 e. The first kappa shape index (κ1) is 12.6. The number of amides is 2. The minimum Gasteiger partial charge on any atom is -0.351 e. The van der Waals surface area contributed by atoms with E-state index in [1.54, 1.807) is 4.90 Å². The Morgan fingerprint density at radius 3 is 2.44 bits per heavy atom. The Morgan fingerprint density at radius 2 is 1.88 bits per heavy atom. The maximum atomic E-state index is 11.3. The van der Waals surface area contributed by atoms with Crippen molar-refractivity contribution in [3.63, 3.8) is 0 Å². The normalized spacial score (nSPS) is 10.1. The monoisotopic (exact) mass is 220 g/mol. The van der Waals surface area contributed by atoms with Crippen molar-refractivity contribution in [1.82, 2.24) is 0 Å². The number of unbranched alkanes of at least 4 members (excludes halogenated alkanes) is 3. The van der Waals surface area contributed by atoms with Crippen LogP contribution in [0.1, 0.15) is 32.6 Å². The summed E-state index contributed by atoms with van der Waals surface area (Å²) < 4.78 is 0. The van der Waals surface area contributed by atoms with Crippen LogP contribution in [0.4, 0.5) is 10.5 Å². The summed E-state index contributed by atoms with van der Waals surface area (Å²) in [6, 6.07) is 9.20. The van der Waals surface area contributed by atoms with Gasteiger partial charge in [0.2, 0.25) is 0 Å². The average Bonchev–Trinajstić information content (AvgIpc) is 2.30. The minimum absolute atomic E-state index is 0.373. The van der Waals surface area contributed by atoms with Crippen LogP contribution in [0.5, 0.6) is 0 Å². The SMILES string of the molecule is CCCCCCN(C(N)=O)c1ccccc1. The number of hydrogen-bond acceptors (Lipinski definition) is 1. The van der Waals surface area contributed by atoms with Crippen LogP contribution >= 0.6 is 0 Å². The van der Waals surface area contributed by atoms with Crippen molar-refractivity contribution >= 4 is 11.7 Å². The fourth-order valence-electron chi connectivity index (χ4n) is 1.67. The zero-order valence-corrected chi connectivity index (χ0v) is 9.86. The van der Waals surface area contributed by atoms with Crippen LogP contribution in [0.2, 0.25) is 0 Å². The number of carbonyl (C=O) groups excluding carboxylic acids is 1. The lowest BCUT2D eigenvalue weighted by Gasteiger charge is -2.20. The van der Waals surface area contributed by atoms with Crippen LogP contribution in [-0.2, 0) is 0 Å². The molecule has 0 spiro atoms. The van der Waals surface area contributed by atoms with E-state index in [2.05, 4.69) is 6.92 Å². The van der Waals surface area contributed by atoms with Crippen molar-refractivity contribution in [1.29, 1.82) is 0 Å². The Labute approximate surface area is 97.2 Å². The third-order valence-corrected chi connectivity index (χ3v) is 2.57. The lowest BCUT2D eigenvalue weighted by atomic mass is 10.2. The molecule has 0 saturated carbocycles. The predicted molar refractivity (Wildman–Crippen MR) is 67.5 cm³/mol. The Morgan fingerprint density at radius 1 is 1.19 bits per heavy atom. The highest BCUT2D eigenvalue weighted by Crippen LogP contribution is 2.14. The van der Waals surface area contributed by atoms with Crippen molar-refractivity contribution in [3.8, 4) is 0 Å². The van der Waals surface area contributed by atoms with Crippen LogP contribution in [0.25, 0.3) is 0 Å². The number of nitrogens with two attached hydrogens (primary N) is 1. The third kappa shape index (κ3) is 3.93. The number of anilines is 1. The number of primary amides is 1. The molecule has 88 valence electrons. The van der Waals surface area contributed by atoms with Crippen LogP contribution < -0.4 is 10.6 Å². The van der Waals surface area contributed by atoms with Gasteiger partial charge in [-0.2, -0.15) is 0 Å². The largest absolute Gasteiger partial charge is 0.351 e. The van der Waals surface area contributed by atoms with Gasteiger partial charge in [-0.05, 0) is 18.6 Å². The highest BCUT2D eigenvalue weighted by Gasteiger charge is 2.10. The summed E-state index contributed by atoms with van der Waals surface area (Å²) >= 11 is 0. The molecule has 1 rings (SSSR count). The summed E-state index contributed by atoms with van der Waals surface area (Å²) in [7, 11) is 0. The molecule has 16 heavy (non-hydrogen) atoms. The third-order valence-electron chi connectivity index (χ3n) is 2.57. The lowest BCUT2D eigenvalue weighted by molar-refractivity contribution is 0.253. The van der Waals surface area contributed by atoms with E-state index >= 15 is 0 Å². The van der Waals surface area contributed by atoms with Crippen LogP contribution in [0, 0.1) is 0 Å². The van der Waals surface area contributed by atoms with Gasteiger partial charge in [-0.3, -0.25) is 4.90 Å². The minimum atomic E-state index is -0.373. The standard InChI is InChI=1S/C13H20N2O/c1-2-3-4-8-11-15(13(14)16)12-9-6-5-7-10-12/h5-7,9-10H,2-4,8,11H2,1H3,(H2,14,16). The summed E-state index contributed by atoms with van der Waals surface area (Å²) in [5.74, 6) is 0. The van der Waals surface area contributed by atoms with Crippen LogP contribution in [0.15, 0.2) is 30.3 Å². The van der Waals surface area contributed by atoms with Crippen molar-refractivity contribution in [3.05, 3.63) is 30.3 Å². The number of carbonyl (C=O) groups is 1. The second-order valence-corrected chi connectivity index (χ2v) is 3.89. The van der Waals surface area contributed by atoms with E-state index in [0.717, 1.165) is 18.5 Å². The molecule has 0 fully saturated rings. The quantitative estimate of drug-likeness (QED) is 0.735. The second kappa shape index (κ2) is 6.88. The number of urea groups is 1. The molecule has 0 heterocycles. The molecule has 2 N–H and O–H groups in total. The van der Waals surface area contributed by atoms with Gasteiger partial charge in [0.25, 0.3) is 0 Å². The van der Waals surface area contributed by atoms with E-state index in [0.29, 0.717) is 6.54 Å². The summed E-state index contributed by atoms with van der Waals surface area (Å²) in [5, 5.41) is 0. The van der Waals surface area contributed by atoms with Crippen LogP contribution in [-0.4, -0.2) is 12.6 Å². The molecule has 0 atom stereocenters. The number of benzene rings is 1. The molecule has 3 nitrogen and oxygen atoms in total. The van der Waals surface area contributed by atoms with E-state index in [4.69, 9.17) is 5.73 Å². The van der Waals surface area contributed by atoms with E-state index < -0.39 is 0 Å². The number of hydrogen-bond donors (Lipinski definition) is 1. The molecule has 0 aliphatic heterocycles. The summed E-state index contributed by atoms with van der Waals surface area (Å²) in [4.78, 5) is 12.9. The second-order valence-electron chi connectivity index (χ2n) is 3.89. The van der Waals surface area contributed by atoms with Gasteiger partial charge >= 0.3 is 6.03 Å². The lowest BCUT2D eigenvalue weighted by Crippen LogP contribution is -2.36. The molecule has 0 bridgehead atoms. The van der Waals surface area contributed by atoms with Gasteiger partial charge in [-0.15, -0.1) is 0 Å². The smallest absolute Gasteiger partial charge is 0.319 e. The van der Waals surface area contributed by atoms with Crippen molar-refractivity contribution in [2.24, 2.45) is 5.73 Å². The van der Waals surface area contributed by atoms with E-state index in [9.17, 15) is 4.79 Å². The molecule has 0 saturated heterocycles. The Kier molecular flexibility index (Phi) is 5.40. The zero-order valence-electron chi connectivity index (χ0n) is 9.86. The van der Waals surface area contributed by atoms with Gasteiger partial charge in [0.05, 0.1) is 0 Å². The molecule has 0 aliphatic rings. The summed E-state index contributed by atoms with van der Waals surface area (Å²) in [6.45, 7) is 2.88. The molecule has 0 radical (unpaired) electrons. The molecule has 0 aromatic heterocycles. The zero-order chi connectivity index (χ0) is 11.8.